The molecule has 1 aliphatic rings. The zero-order valence-electron chi connectivity index (χ0n) is 14.9. The second kappa shape index (κ2) is 9.50. The topological polar surface area (TPSA) is 50.8 Å². The Morgan fingerprint density at radius 1 is 1.15 bits per heavy atom. The van der Waals surface area contributed by atoms with Crippen molar-refractivity contribution in [1.82, 2.24) is 0 Å². The SMILES string of the molecule is COc1ccc(SCCC(=O)Nc2ccccc2N2CCOCC2)cc1. The van der Waals surface area contributed by atoms with Gasteiger partial charge in [-0.25, -0.2) is 0 Å². The van der Waals surface area contributed by atoms with Crippen molar-refractivity contribution < 1.29 is 14.3 Å². The summed E-state index contributed by atoms with van der Waals surface area (Å²) in [5.41, 5.74) is 1.93. The van der Waals surface area contributed by atoms with Crippen LogP contribution in [0.1, 0.15) is 6.42 Å². The number of amides is 1. The van der Waals surface area contributed by atoms with Crippen molar-refractivity contribution in [2.24, 2.45) is 0 Å². The summed E-state index contributed by atoms with van der Waals surface area (Å²) in [4.78, 5) is 15.7. The van der Waals surface area contributed by atoms with Crippen LogP contribution in [0.15, 0.2) is 53.4 Å². The van der Waals surface area contributed by atoms with Gasteiger partial charge in [0.2, 0.25) is 5.91 Å². The van der Waals surface area contributed by atoms with E-state index in [2.05, 4.69) is 10.2 Å². The maximum absolute atomic E-state index is 12.4. The van der Waals surface area contributed by atoms with Crippen molar-refractivity contribution >= 4 is 29.0 Å². The highest BCUT2D eigenvalue weighted by molar-refractivity contribution is 7.99. The van der Waals surface area contributed by atoms with Gasteiger partial charge in [0.15, 0.2) is 0 Å². The van der Waals surface area contributed by atoms with Gasteiger partial charge in [-0.15, -0.1) is 11.8 Å². The van der Waals surface area contributed by atoms with E-state index >= 15 is 0 Å². The van der Waals surface area contributed by atoms with Crippen LogP contribution in [-0.4, -0.2) is 45.1 Å². The number of morpholine rings is 1. The zero-order chi connectivity index (χ0) is 18.2. The van der Waals surface area contributed by atoms with E-state index in [1.54, 1.807) is 18.9 Å². The van der Waals surface area contributed by atoms with Crippen molar-refractivity contribution in [3.05, 3.63) is 48.5 Å². The quantitative estimate of drug-likeness (QED) is 0.752. The second-order valence-corrected chi connectivity index (χ2v) is 7.11. The number of benzene rings is 2. The fourth-order valence-electron chi connectivity index (χ4n) is 2.81. The molecular weight excluding hydrogens is 348 g/mol. The highest BCUT2D eigenvalue weighted by Crippen LogP contribution is 2.27. The first-order valence-corrected chi connectivity index (χ1v) is 9.73. The minimum Gasteiger partial charge on any atom is -0.497 e. The summed E-state index contributed by atoms with van der Waals surface area (Å²) in [6.07, 6.45) is 0.466. The van der Waals surface area contributed by atoms with Gasteiger partial charge in [-0.05, 0) is 36.4 Å². The molecule has 0 aliphatic carbocycles. The molecule has 0 radical (unpaired) electrons. The van der Waals surface area contributed by atoms with E-state index in [0.29, 0.717) is 6.42 Å². The smallest absolute Gasteiger partial charge is 0.225 e. The number of methoxy groups -OCH3 is 1. The maximum Gasteiger partial charge on any atom is 0.225 e. The lowest BCUT2D eigenvalue weighted by Crippen LogP contribution is -2.36. The van der Waals surface area contributed by atoms with Crippen molar-refractivity contribution in [1.29, 1.82) is 0 Å². The normalized spacial score (nSPS) is 14.1. The number of anilines is 2. The molecule has 0 aromatic heterocycles. The Labute approximate surface area is 158 Å². The lowest BCUT2D eigenvalue weighted by atomic mass is 10.2. The third kappa shape index (κ3) is 5.16. The Kier molecular flexibility index (Phi) is 6.80. The molecule has 0 spiro atoms. The molecule has 26 heavy (non-hydrogen) atoms. The first-order valence-electron chi connectivity index (χ1n) is 8.74. The van der Waals surface area contributed by atoms with E-state index in [9.17, 15) is 4.79 Å². The summed E-state index contributed by atoms with van der Waals surface area (Å²) < 4.78 is 10.6. The molecule has 6 heteroatoms. The lowest BCUT2D eigenvalue weighted by Gasteiger charge is -2.30. The van der Waals surface area contributed by atoms with E-state index in [-0.39, 0.29) is 5.91 Å². The van der Waals surface area contributed by atoms with Gasteiger partial charge in [-0.3, -0.25) is 4.79 Å². The monoisotopic (exact) mass is 372 g/mol. The molecule has 2 aromatic carbocycles. The molecule has 1 N–H and O–H groups in total. The number of rotatable bonds is 7. The molecule has 2 aromatic rings. The molecule has 1 amide bonds. The predicted octanol–water partition coefficient (Wildman–Crippen LogP) is 3.65. The lowest BCUT2D eigenvalue weighted by molar-refractivity contribution is -0.115. The summed E-state index contributed by atoms with van der Waals surface area (Å²) in [7, 11) is 1.65. The Balaban J connectivity index is 1.51. The van der Waals surface area contributed by atoms with Gasteiger partial charge in [0.1, 0.15) is 5.75 Å². The number of carbonyl (C=O) groups excluding carboxylic acids is 1. The van der Waals surface area contributed by atoms with Crippen LogP contribution in [0, 0.1) is 0 Å². The average molecular weight is 372 g/mol. The fraction of sp³-hybridized carbons (Fsp3) is 0.350. The van der Waals surface area contributed by atoms with Gasteiger partial charge in [-0.1, -0.05) is 12.1 Å². The van der Waals surface area contributed by atoms with Gasteiger partial charge >= 0.3 is 0 Å². The molecule has 0 saturated carbocycles. The van der Waals surface area contributed by atoms with E-state index in [1.165, 1.54) is 0 Å². The summed E-state index contributed by atoms with van der Waals surface area (Å²) in [5, 5.41) is 3.06. The van der Waals surface area contributed by atoms with Crippen LogP contribution in [0.4, 0.5) is 11.4 Å². The average Bonchev–Trinajstić information content (AvgIpc) is 2.69. The summed E-state index contributed by atoms with van der Waals surface area (Å²) in [6.45, 7) is 3.14. The van der Waals surface area contributed by atoms with Crippen LogP contribution in [0.3, 0.4) is 0 Å². The molecule has 0 bridgehead atoms. The third-order valence-electron chi connectivity index (χ3n) is 4.19. The standard InChI is InChI=1S/C20H24N2O3S/c1-24-16-6-8-17(9-7-16)26-15-10-20(23)21-18-4-2-3-5-19(18)22-11-13-25-14-12-22/h2-9H,10-15H2,1H3,(H,21,23). The minimum absolute atomic E-state index is 0.0340. The van der Waals surface area contributed by atoms with Crippen LogP contribution >= 0.6 is 11.8 Å². The third-order valence-corrected chi connectivity index (χ3v) is 5.20. The van der Waals surface area contributed by atoms with Crippen LogP contribution in [-0.2, 0) is 9.53 Å². The molecule has 1 aliphatic heterocycles. The highest BCUT2D eigenvalue weighted by atomic mass is 32.2. The van der Waals surface area contributed by atoms with E-state index in [1.807, 2.05) is 48.5 Å². The Morgan fingerprint density at radius 2 is 1.88 bits per heavy atom. The van der Waals surface area contributed by atoms with Crippen molar-refractivity contribution in [2.45, 2.75) is 11.3 Å². The molecule has 1 fully saturated rings. The minimum atomic E-state index is 0.0340. The number of nitrogens with one attached hydrogen (secondary N) is 1. The second-order valence-electron chi connectivity index (χ2n) is 5.94. The molecule has 0 atom stereocenters. The van der Waals surface area contributed by atoms with Crippen molar-refractivity contribution in [2.75, 3.05) is 49.4 Å². The number of hydrogen-bond donors (Lipinski definition) is 1. The van der Waals surface area contributed by atoms with Gasteiger partial charge < -0.3 is 19.7 Å². The Bertz CT molecular complexity index is 715. The number of ether oxygens (including phenoxy) is 2. The van der Waals surface area contributed by atoms with Crippen LogP contribution in [0.2, 0.25) is 0 Å². The number of hydrogen-bond acceptors (Lipinski definition) is 5. The van der Waals surface area contributed by atoms with Crippen LogP contribution in [0.25, 0.3) is 0 Å². The van der Waals surface area contributed by atoms with Gasteiger partial charge in [-0.2, -0.15) is 0 Å². The summed E-state index contributed by atoms with van der Waals surface area (Å²) in [5.74, 6) is 1.61. The molecule has 1 heterocycles. The maximum atomic E-state index is 12.4. The van der Waals surface area contributed by atoms with Crippen LogP contribution in [0.5, 0.6) is 5.75 Å². The predicted molar refractivity (Wildman–Crippen MR) is 106 cm³/mol. The molecule has 1 saturated heterocycles. The number of thioether (sulfide) groups is 1. The van der Waals surface area contributed by atoms with E-state index in [0.717, 1.165) is 54.1 Å². The molecule has 5 nitrogen and oxygen atoms in total. The fourth-order valence-corrected chi connectivity index (χ4v) is 3.66. The van der Waals surface area contributed by atoms with Gasteiger partial charge in [0.25, 0.3) is 0 Å². The first-order chi connectivity index (χ1) is 12.8. The van der Waals surface area contributed by atoms with E-state index < -0.39 is 0 Å². The number of nitrogens with zero attached hydrogens (tertiary/aromatic N) is 1. The zero-order valence-corrected chi connectivity index (χ0v) is 15.8. The van der Waals surface area contributed by atoms with E-state index in [4.69, 9.17) is 9.47 Å². The summed E-state index contributed by atoms with van der Waals surface area (Å²) in [6, 6.07) is 15.8. The van der Waals surface area contributed by atoms with Gasteiger partial charge in [0, 0.05) is 30.2 Å². The molecular formula is C20H24N2O3S. The summed E-state index contributed by atoms with van der Waals surface area (Å²) >= 11 is 1.67. The van der Waals surface area contributed by atoms with Crippen LogP contribution < -0.4 is 15.0 Å². The largest absolute Gasteiger partial charge is 0.497 e. The Hall–Kier alpha value is -2.18. The molecule has 0 unspecified atom stereocenters. The molecule has 138 valence electrons. The van der Waals surface area contributed by atoms with Gasteiger partial charge in [0.05, 0.1) is 31.7 Å². The molecule has 3 rings (SSSR count). The van der Waals surface area contributed by atoms with Crippen molar-refractivity contribution in [3.63, 3.8) is 0 Å². The highest BCUT2D eigenvalue weighted by Gasteiger charge is 2.15. The van der Waals surface area contributed by atoms with Crippen molar-refractivity contribution in [3.8, 4) is 5.75 Å². The Morgan fingerprint density at radius 3 is 2.62 bits per heavy atom. The first kappa shape index (κ1) is 18.6. The number of carbonyl (C=O) groups is 1. The number of para-hydroxylation sites is 2.